The van der Waals surface area contributed by atoms with E-state index in [2.05, 4.69) is 15.1 Å². The molecule has 1 aliphatic carbocycles. The van der Waals surface area contributed by atoms with Crippen molar-refractivity contribution in [3.63, 3.8) is 0 Å². The van der Waals surface area contributed by atoms with E-state index in [4.69, 9.17) is 0 Å². The average Bonchev–Trinajstić information content (AvgIpc) is 3.49. The molecule has 1 saturated carbocycles. The molecule has 26 heavy (non-hydrogen) atoms. The van der Waals surface area contributed by atoms with Crippen molar-refractivity contribution < 1.29 is 9.18 Å². The van der Waals surface area contributed by atoms with Crippen molar-refractivity contribution in [3.8, 4) is 0 Å². The Hall–Kier alpha value is -2.50. The third kappa shape index (κ3) is 3.69. The van der Waals surface area contributed by atoms with Crippen LogP contribution in [0.2, 0.25) is 0 Å². The number of aromatic nitrogens is 2. The molecule has 0 spiro atoms. The zero-order chi connectivity index (χ0) is 18.1. The van der Waals surface area contributed by atoms with Crippen molar-refractivity contribution in [2.75, 3.05) is 31.1 Å². The number of carbonyl (C=O) groups is 1. The number of anilines is 1. The van der Waals surface area contributed by atoms with Crippen molar-refractivity contribution in [2.24, 2.45) is 0 Å². The topological polar surface area (TPSA) is 49.3 Å². The Kier molecular flexibility index (Phi) is 4.57. The average molecular weight is 354 g/mol. The highest BCUT2D eigenvalue weighted by atomic mass is 19.1. The molecule has 5 nitrogen and oxygen atoms in total. The van der Waals surface area contributed by atoms with E-state index < -0.39 is 0 Å². The van der Waals surface area contributed by atoms with Crippen LogP contribution in [-0.2, 0) is 11.2 Å². The summed E-state index contributed by atoms with van der Waals surface area (Å²) >= 11 is 0. The minimum Gasteiger partial charge on any atom is -0.352 e. The van der Waals surface area contributed by atoms with Crippen LogP contribution in [0.25, 0.3) is 0 Å². The molecule has 1 aromatic carbocycles. The molecule has 1 aromatic heterocycles. The first kappa shape index (κ1) is 16.9. The second kappa shape index (κ2) is 7.02. The minimum absolute atomic E-state index is 0.0160. The number of hydrogen-bond donors (Lipinski definition) is 0. The van der Waals surface area contributed by atoms with Gasteiger partial charge in [-0.25, -0.2) is 4.39 Å². The number of rotatable bonds is 4. The van der Waals surface area contributed by atoms with E-state index in [1.807, 2.05) is 30.0 Å². The molecule has 0 unspecified atom stereocenters. The van der Waals surface area contributed by atoms with Gasteiger partial charge < -0.3 is 9.80 Å². The highest BCUT2D eigenvalue weighted by Gasteiger charge is 2.26. The Balaban J connectivity index is 1.34. The largest absolute Gasteiger partial charge is 0.352 e. The van der Waals surface area contributed by atoms with Crippen LogP contribution in [-0.4, -0.2) is 47.2 Å². The lowest BCUT2D eigenvalue weighted by Gasteiger charge is -2.35. The summed E-state index contributed by atoms with van der Waals surface area (Å²) in [5.74, 6) is 1.09. The quantitative estimate of drug-likeness (QED) is 0.847. The molecular formula is C20H23FN4O. The van der Waals surface area contributed by atoms with Crippen LogP contribution in [0.4, 0.5) is 10.2 Å². The van der Waals surface area contributed by atoms with Crippen molar-refractivity contribution >= 4 is 11.7 Å². The number of amides is 1. The summed E-state index contributed by atoms with van der Waals surface area (Å²) in [6.07, 6.45) is 2.42. The van der Waals surface area contributed by atoms with E-state index in [0.717, 1.165) is 29.9 Å². The van der Waals surface area contributed by atoms with Gasteiger partial charge in [-0.1, -0.05) is 12.1 Å². The van der Waals surface area contributed by atoms with Crippen LogP contribution >= 0.6 is 0 Å². The summed E-state index contributed by atoms with van der Waals surface area (Å²) in [6.45, 7) is 4.58. The molecular weight excluding hydrogens is 331 g/mol. The predicted octanol–water partition coefficient (Wildman–Crippen LogP) is 2.69. The summed E-state index contributed by atoms with van der Waals surface area (Å²) in [5, 5.41) is 8.29. The van der Waals surface area contributed by atoms with Crippen molar-refractivity contribution in [1.29, 1.82) is 0 Å². The number of aryl methyl sites for hydroxylation is 1. The number of halogens is 1. The van der Waals surface area contributed by atoms with Crippen LogP contribution in [0.15, 0.2) is 30.3 Å². The molecule has 2 heterocycles. The molecule has 0 atom stereocenters. The molecule has 2 aromatic rings. The standard InChI is InChI=1S/C20H23FN4O/c1-14-2-7-19(23-22-14)24-8-10-25(11-9-24)20(26)13-17-6-5-16(12-18(17)21)15-3-4-15/h2,5-7,12,15H,3-4,8-11,13H2,1H3. The van der Waals surface area contributed by atoms with Crippen LogP contribution in [0.5, 0.6) is 0 Å². The first-order chi connectivity index (χ1) is 12.6. The number of nitrogens with zero attached hydrogens (tertiary/aromatic N) is 4. The van der Waals surface area contributed by atoms with Crippen LogP contribution < -0.4 is 4.90 Å². The fourth-order valence-electron chi connectivity index (χ4n) is 3.40. The van der Waals surface area contributed by atoms with Gasteiger partial charge in [0.1, 0.15) is 5.82 Å². The second-order valence-corrected chi connectivity index (χ2v) is 7.20. The maximum absolute atomic E-state index is 14.3. The van der Waals surface area contributed by atoms with Crippen LogP contribution in [0.1, 0.15) is 35.6 Å². The first-order valence-corrected chi connectivity index (χ1v) is 9.21. The van der Waals surface area contributed by atoms with Gasteiger partial charge >= 0.3 is 0 Å². The molecule has 0 radical (unpaired) electrons. The van der Waals surface area contributed by atoms with Crippen LogP contribution in [0.3, 0.4) is 0 Å². The monoisotopic (exact) mass is 354 g/mol. The van der Waals surface area contributed by atoms with Gasteiger partial charge in [0.2, 0.25) is 5.91 Å². The highest BCUT2D eigenvalue weighted by molar-refractivity contribution is 5.79. The van der Waals surface area contributed by atoms with Gasteiger partial charge in [-0.3, -0.25) is 4.79 Å². The van der Waals surface area contributed by atoms with E-state index in [1.54, 1.807) is 12.1 Å². The molecule has 2 aliphatic rings. The van der Waals surface area contributed by atoms with Gasteiger partial charge in [-0.15, -0.1) is 5.10 Å². The molecule has 6 heteroatoms. The number of piperazine rings is 1. The van der Waals surface area contributed by atoms with Crippen molar-refractivity contribution in [2.45, 2.75) is 32.1 Å². The molecule has 1 amide bonds. The smallest absolute Gasteiger partial charge is 0.227 e. The molecule has 1 aliphatic heterocycles. The molecule has 2 fully saturated rings. The predicted molar refractivity (Wildman–Crippen MR) is 97.6 cm³/mol. The van der Waals surface area contributed by atoms with Gasteiger partial charge in [0.15, 0.2) is 5.82 Å². The zero-order valence-corrected chi connectivity index (χ0v) is 15.0. The maximum Gasteiger partial charge on any atom is 0.227 e. The lowest BCUT2D eigenvalue weighted by Crippen LogP contribution is -2.49. The number of carbonyl (C=O) groups excluding carboxylic acids is 1. The fourth-order valence-corrected chi connectivity index (χ4v) is 3.40. The molecule has 1 saturated heterocycles. The number of hydrogen-bond acceptors (Lipinski definition) is 4. The van der Waals surface area contributed by atoms with Gasteiger partial charge in [0.05, 0.1) is 12.1 Å². The lowest BCUT2D eigenvalue weighted by molar-refractivity contribution is -0.130. The van der Waals surface area contributed by atoms with E-state index in [-0.39, 0.29) is 18.1 Å². The Morgan fingerprint density at radius 1 is 1.12 bits per heavy atom. The summed E-state index contributed by atoms with van der Waals surface area (Å²) in [6, 6.07) is 9.25. The normalized spacial score (nSPS) is 17.5. The lowest BCUT2D eigenvalue weighted by atomic mass is 10.0. The van der Waals surface area contributed by atoms with Crippen LogP contribution in [0, 0.1) is 12.7 Å². The summed E-state index contributed by atoms with van der Waals surface area (Å²) in [7, 11) is 0. The van der Waals surface area contributed by atoms with Gasteiger partial charge in [-0.2, -0.15) is 5.10 Å². The van der Waals surface area contributed by atoms with Crippen molar-refractivity contribution in [3.05, 3.63) is 53.0 Å². The Morgan fingerprint density at radius 2 is 1.88 bits per heavy atom. The van der Waals surface area contributed by atoms with Gasteiger partial charge in [0.25, 0.3) is 0 Å². The summed E-state index contributed by atoms with van der Waals surface area (Å²) in [4.78, 5) is 16.5. The molecule has 4 rings (SSSR count). The second-order valence-electron chi connectivity index (χ2n) is 7.20. The third-order valence-electron chi connectivity index (χ3n) is 5.21. The van der Waals surface area contributed by atoms with E-state index in [9.17, 15) is 9.18 Å². The van der Waals surface area contributed by atoms with Gasteiger partial charge in [0, 0.05) is 26.2 Å². The maximum atomic E-state index is 14.3. The van der Waals surface area contributed by atoms with E-state index >= 15 is 0 Å². The fraction of sp³-hybridized carbons (Fsp3) is 0.450. The highest BCUT2D eigenvalue weighted by Crippen LogP contribution is 2.40. The molecule has 136 valence electrons. The summed E-state index contributed by atoms with van der Waals surface area (Å²) < 4.78 is 14.3. The molecule has 0 bridgehead atoms. The third-order valence-corrected chi connectivity index (χ3v) is 5.21. The zero-order valence-electron chi connectivity index (χ0n) is 15.0. The number of benzene rings is 1. The minimum atomic E-state index is -0.253. The first-order valence-electron chi connectivity index (χ1n) is 9.21. The Bertz CT molecular complexity index is 796. The van der Waals surface area contributed by atoms with Gasteiger partial charge in [-0.05, 0) is 55.0 Å². The SMILES string of the molecule is Cc1ccc(N2CCN(C(=O)Cc3ccc(C4CC4)cc3F)CC2)nn1. The van der Waals surface area contributed by atoms with Crippen molar-refractivity contribution in [1.82, 2.24) is 15.1 Å². The Morgan fingerprint density at radius 3 is 2.50 bits per heavy atom. The molecule has 0 N–H and O–H groups in total. The Labute approximate surface area is 152 Å². The van der Waals surface area contributed by atoms with E-state index in [1.165, 1.54) is 0 Å². The van der Waals surface area contributed by atoms with E-state index in [0.29, 0.717) is 37.7 Å². The summed E-state index contributed by atoms with van der Waals surface area (Å²) in [5.41, 5.74) is 2.44.